The van der Waals surface area contributed by atoms with Crippen LogP contribution in [0.2, 0.25) is 0 Å². The van der Waals surface area contributed by atoms with Gasteiger partial charge in [-0.3, -0.25) is 9.59 Å². The summed E-state index contributed by atoms with van der Waals surface area (Å²) in [6.07, 6.45) is 5.55. The standard InChI is InChI=1S/C24H33N3O4/c1-2-31-24(30)26-14-12-18(13-15-26)25-22(28)19-8-4-5-9-20(19)23(29)27-16-11-17-7-3-6-10-21(17)27/h3,6-7,10,18-20H,2,4-5,8-9,11-16H2,1H3,(H,25,28)/t19-,20+/m0/s1. The zero-order valence-electron chi connectivity index (χ0n) is 18.3. The third kappa shape index (κ3) is 4.70. The molecule has 1 saturated heterocycles. The van der Waals surface area contributed by atoms with Gasteiger partial charge in [0.1, 0.15) is 0 Å². The van der Waals surface area contributed by atoms with E-state index in [2.05, 4.69) is 11.4 Å². The molecule has 2 fully saturated rings. The number of likely N-dealkylation sites (tertiary alicyclic amines) is 1. The number of benzene rings is 1. The molecular formula is C24H33N3O4. The number of hydrogen-bond donors (Lipinski definition) is 1. The molecule has 7 heteroatoms. The highest BCUT2D eigenvalue weighted by atomic mass is 16.6. The van der Waals surface area contributed by atoms with Crippen molar-refractivity contribution in [2.45, 2.75) is 57.9 Å². The lowest BCUT2D eigenvalue weighted by Gasteiger charge is -2.35. The summed E-state index contributed by atoms with van der Waals surface area (Å²) in [6.45, 7) is 4.04. The van der Waals surface area contributed by atoms with Crippen LogP contribution in [0.5, 0.6) is 0 Å². The second kappa shape index (κ2) is 9.71. The predicted octanol–water partition coefficient (Wildman–Crippen LogP) is 3.12. The van der Waals surface area contributed by atoms with Gasteiger partial charge < -0.3 is 19.9 Å². The molecule has 0 aromatic heterocycles. The highest BCUT2D eigenvalue weighted by Gasteiger charge is 2.40. The Hall–Kier alpha value is -2.57. The van der Waals surface area contributed by atoms with Crippen LogP contribution in [0.1, 0.15) is 51.0 Å². The van der Waals surface area contributed by atoms with Crippen molar-refractivity contribution < 1.29 is 19.1 Å². The number of amides is 3. The van der Waals surface area contributed by atoms with E-state index in [1.54, 1.807) is 11.8 Å². The third-order valence-electron chi connectivity index (χ3n) is 6.94. The summed E-state index contributed by atoms with van der Waals surface area (Å²) in [5.74, 6) is -0.418. The molecule has 31 heavy (non-hydrogen) atoms. The average molecular weight is 428 g/mol. The minimum absolute atomic E-state index is 0.000108. The van der Waals surface area contributed by atoms with Crippen molar-refractivity contribution in [3.8, 4) is 0 Å². The Kier molecular flexibility index (Phi) is 6.78. The van der Waals surface area contributed by atoms with E-state index in [0.717, 1.165) is 50.6 Å². The maximum atomic E-state index is 13.4. The topological polar surface area (TPSA) is 79.0 Å². The molecule has 0 bridgehead atoms. The Bertz CT molecular complexity index is 819. The van der Waals surface area contributed by atoms with E-state index in [4.69, 9.17) is 4.74 Å². The second-order valence-electron chi connectivity index (χ2n) is 8.83. The van der Waals surface area contributed by atoms with Crippen LogP contribution in [0.15, 0.2) is 24.3 Å². The van der Waals surface area contributed by atoms with Crippen LogP contribution in [-0.2, 0) is 20.7 Å². The van der Waals surface area contributed by atoms with Crippen molar-refractivity contribution in [3.63, 3.8) is 0 Å². The molecular weight excluding hydrogens is 394 g/mol. The molecule has 1 N–H and O–H groups in total. The van der Waals surface area contributed by atoms with Crippen LogP contribution in [0.3, 0.4) is 0 Å². The molecule has 1 aromatic rings. The zero-order valence-corrected chi connectivity index (χ0v) is 18.3. The largest absolute Gasteiger partial charge is 0.450 e. The number of nitrogens with one attached hydrogen (secondary N) is 1. The van der Waals surface area contributed by atoms with E-state index in [1.807, 2.05) is 23.1 Å². The summed E-state index contributed by atoms with van der Waals surface area (Å²) in [7, 11) is 0. The van der Waals surface area contributed by atoms with Gasteiger partial charge in [-0.15, -0.1) is 0 Å². The minimum Gasteiger partial charge on any atom is -0.450 e. The number of rotatable bonds is 4. The molecule has 7 nitrogen and oxygen atoms in total. The van der Waals surface area contributed by atoms with Gasteiger partial charge in [0.2, 0.25) is 11.8 Å². The fourth-order valence-electron chi connectivity index (χ4n) is 5.24. The Balaban J connectivity index is 1.36. The van der Waals surface area contributed by atoms with Crippen molar-refractivity contribution >= 4 is 23.6 Å². The van der Waals surface area contributed by atoms with Gasteiger partial charge in [0.25, 0.3) is 0 Å². The van der Waals surface area contributed by atoms with Crippen molar-refractivity contribution in [1.29, 1.82) is 0 Å². The number of hydrogen-bond acceptors (Lipinski definition) is 4. The molecule has 168 valence electrons. The fraction of sp³-hybridized carbons (Fsp3) is 0.625. The van der Waals surface area contributed by atoms with E-state index in [-0.39, 0.29) is 35.8 Å². The first kappa shape index (κ1) is 21.7. The maximum Gasteiger partial charge on any atom is 0.409 e. The van der Waals surface area contributed by atoms with Crippen LogP contribution in [0.25, 0.3) is 0 Å². The number of carbonyl (C=O) groups is 3. The van der Waals surface area contributed by atoms with Gasteiger partial charge >= 0.3 is 6.09 Å². The summed E-state index contributed by atoms with van der Waals surface area (Å²) in [4.78, 5) is 42.1. The van der Waals surface area contributed by atoms with E-state index in [9.17, 15) is 14.4 Å². The van der Waals surface area contributed by atoms with Gasteiger partial charge in [-0.25, -0.2) is 4.79 Å². The molecule has 2 aliphatic heterocycles. The Morgan fingerprint density at radius 2 is 1.71 bits per heavy atom. The van der Waals surface area contributed by atoms with Gasteiger partial charge in [0.15, 0.2) is 0 Å². The van der Waals surface area contributed by atoms with Crippen LogP contribution in [0, 0.1) is 11.8 Å². The third-order valence-corrected chi connectivity index (χ3v) is 6.94. The van der Waals surface area contributed by atoms with Crippen LogP contribution < -0.4 is 10.2 Å². The molecule has 1 saturated carbocycles. The molecule has 0 radical (unpaired) electrons. The number of nitrogens with zero attached hydrogens (tertiary/aromatic N) is 2. The Morgan fingerprint density at radius 3 is 2.45 bits per heavy atom. The zero-order chi connectivity index (χ0) is 21.8. The summed E-state index contributed by atoms with van der Waals surface area (Å²) in [5, 5.41) is 3.19. The van der Waals surface area contributed by atoms with Crippen molar-refractivity contribution in [2.75, 3.05) is 31.1 Å². The average Bonchev–Trinajstić information content (AvgIpc) is 3.23. The number of carbonyl (C=O) groups excluding carboxylic acids is 3. The summed E-state index contributed by atoms with van der Waals surface area (Å²) >= 11 is 0. The minimum atomic E-state index is -0.281. The first-order valence-corrected chi connectivity index (χ1v) is 11.7. The van der Waals surface area contributed by atoms with Gasteiger partial charge in [-0.1, -0.05) is 31.0 Å². The molecule has 0 unspecified atom stereocenters. The molecule has 0 spiro atoms. The fourth-order valence-corrected chi connectivity index (χ4v) is 5.24. The Morgan fingerprint density at radius 1 is 1.00 bits per heavy atom. The lowest BCUT2D eigenvalue weighted by molar-refractivity contribution is -0.135. The smallest absolute Gasteiger partial charge is 0.409 e. The molecule has 3 aliphatic rings. The van der Waals surface area contributed by atoms with E-state index in [0.29, 0.717) is 26.2 Å². The van der Waals surface area contributed by atoms with E-state index in [1.165, 1.54) is 5.56 Å². The van der Waals surface area contributed by atoms with Gasteiger partial charge in [-0.2, -0.15) is 0 Å². The van der Waals surface area contributed by atoms with Gasteiger partial charge in [-0.05, 0) is 50.7 Å². The number of anilines is 1. The lowest BCUT2D eigenvalue weighted by Crippen LogP contribution is -2.50. The highest BCUT2D eigenvalue weighted by Crippen LogP contribution is 2.36. The van der Waals surface area contributed by atoms with E-state index >= 15 is 0 Å². The first-order valence-electron chi connectivity index (χ1n) is 11.7. The molecule has 4 rings (SSSR count). The second-order valence-corrected chi connectivity index (χ2v) is 8.83. The first-order chi connectivity index (χ1) is 15.1. The highest BCUT2D eigenvalue weighted by molar-refractivity contribution is 5.99. The van der Waals surface area contributed by atoms with E-state index < -0.39 is 0 Å². The molecule has 1 aromatic carbocycles. The van der Waals surface area contributed by atoms with Gasteiger partial charge in [0.05, 0.1) is 12.5 Å². The quantitative estimate of drug-likeness (QED) is 0.801. The number of fused-ring (bicyclic) bond motifs is 1. The van der Waals surface area contributed by atoms with Crippen LogP contribution in [0.4, 0.5) is 10.5 Å². The number of para-hydroxylation sites is 1. The maximum absolute atomic E-state index is 13.4. The van der Waals surface area contributed by atoms with Crippen molar-refractivity contribution in [1.82, 2.24) is 10.2 Å². The normalized spacial score (nSPS) is 23.9. The number of piperidine rings is 1. The van der Waals surface area contributed by atoms with Crippen molar-refractivity contribution in [3.05, 3.63) is 29.8 Å². The summed E-state index contributed by atoms with van der Waals surface area (Å²) in [5.41, 5.74) is 2.21. The lowest BCUT2D eigenvalue weighted by atomic mass is 9.77. The number of ether oxygens (including phenoxy) is 1. The molecule has 2 atom stereocenters. The molecule has 1 aliphatic carbocycles. The Labute approximate surface area is 184 Å². The predicted molar refractivity (Wildman–Crippen MR) is 118 cm³/mol. The van der Waals surface area contributed by atoms with Crippen molar-refractivity contribution in [2.24, 2.45) is 11.8 Å². The molecule has 3 amide bonds. The monoisotopic (exact) mass is 427 g/mol. The van der Waals surface area contributed by atoms with Gasteiger partial charge in [0, 0.05) is 37.3 Å². The SMILES string of the molecule is CCOC(=O)N1CCC(NC(=O)[C@H]2CCCC[C@H]2C(=O)N2CCc3ccccc32)CC1. The van der Waals surface area contributed by atoms with Crippen LogP contribution in [-0.4, -0.2) is 55.1 Å². The van der Waals surface area contributed by atoms with Crippen LogP contribution >= 0.6 is 0 Å². The summed E-state index contributed by atoms with van der Waals surface area (Å²) in [6, 6.07) is 8.12. The summed E-state index contributed by atoms with van der Waals surface area (Å²) < 4.78 is 5.06. The molecule has 2 heterocycles.